The molecule has 1 atom stereocenters. The van der Waals surface area contributed by atoms with Crippen LogP contribution in [0.25, 0.3) is 0 Å². The molecule has 0 aliphatic heterocycles. The van der Waals surface area contributed by atoms with Gasteiger partial charge in [0.1, 0.15) is 0 Å². The molecule has 0 saturated carbocycles. The third-order valence-corrected chi connectivity index (χ3v) is 3.07. The highest BCUT2D eigenvalue weighted by Gasteiger charge is 2.15. The highest BCUT2D eigenvalue weighted by molar-refractivity contribution is 5.81. The fourth-order valence-corrected chi connectivity index (χ4v) is 1.77. The molecular weight excluding hydrogens is 228 g/mol. The van der Waals surface area contributed by atoms with Crippen LogP contribution in [0.4, 0.5) is 0 Å². The summed E-state index contributed by atoms with van der Waals surface area (Å²) < 4.78 is 2.12. The summed E-state index contributed by atoms with van der Waals surface area (Å²) in [4.78, 5) is 17.8. The number of aromatic nitrogens is 2. The molecule has 0 saturated heterocycles. The molecule has 0 aliphatic rings. The smallest absolute Gasteiger partial charge is 0.239 e. The minimum Gasteiger partial charge on any atom is -0.345 e. The van der Waals surface area contributed by atoms with E-state index in [2.05, 4.69) is 21.8 Å². The minimum atomic E-state index is -0.167. The Labute approximate surface area is 109 Å². The minimum absolute atomic E-state index is 0.124. The van der Waals surface area contributed by atoms with Crippen LogP contribution in [0.3, 0.4) is 0 Å². The summed E-state index contributed by atoms with van der Waals surface area (Å²) in [5.41, 5.74) is 1.12. The Kier molecular flexibility index (Phi) is 5.85. The Morgan fingerprint density at radius 1 is 1.56 bits per heavy atom. The molecule has 5 heteroatoms. The summed E-state index contributed by atoms with van der Waals surface area (Å²) in [5.74, 6) is 0.124. The first-order valence-electron chi connectivity index (χ1n) is 6.57. The molecule has 0 spiro atoms. The Hall–Kier alpha value is -1.36. The summed E-state index contributed by atoms with van der Waals surface area (Å²) in [6.07, 6.45) is 4.77. The van der Waals surface area contributed by atoms with Gasteiger partial charge in [-0.3, -0.25) is 4.79 Å². The summed E-state index contributed by atoms with van der Waals surface area (Å²) in [6.45, 7) is 8.38. The number of rotatable bonds is 7. The van der Waals surface area contributed by atoms with Crippen molar-refractivity contribution in [2.75, 3.05) is 13.6 Å². The second kappa shape index (κ2) is 7.16. The van der Waals surface area contributed by atoms with Gasteiger partial charge in [0.05, 0.1) is 18.1 Å². The number of carbonyl (C=O) groups is 1. The average molecular weight is 252 g/mol. The summed E-state index contributed by atoms with van der Waals surface area (Å²) in [5, 5.41) is 3.25. The number of amides is 1. The van der Waals surface area contributed by atoms with Crippen molar-refractivity contribution in [3.05, 3.63) is 18.2 Å². The van der Waals surface area contributed by atoms with Crippen molar-refractivity contribution in [3.8, 4) is 0 Å². The molecule has 0 aromatic carbocycles. The summed E-state index contributed by atoms with van der Waals surface area (Å²) in [6, 6.07) is -0.167. The molecule has 0 aliphatic carbocycles. The first-order chi connectivity index (χ1) is 8.60. The van der Waals surface area contributed by atoms with Crippen molar-refractivity contribution in [1.29, 1.82) is 0 Å². The van der Waals surface area contributed by atoms with Gasteiger partial charge in [0.25, 0.3) is 0 Å². The maximum Gasteiger partial charge on any atom is 0.239 e. The molecule has 0 radical (unpaired) electrons. The predicted molar refractivity (Wildman–Crippen MR) is 72.1 cm³/mol. The highest BCUT2D eigenvalue weighted by Crippen LogP contribution is 2.01. The normalized spacial score (nSPS) is 12.4. The lowest BCUT2D eigenvalue weighted by Gasteiger charge is -2.20. The molecular formula is C13H24N4O. The predicted octanol–water partition coefficient (Wildman–Crippen LogP) is 1.25. The third-order valence-electron chi connectivity index (χ3n) is 3.07. The monoisotopic (exact) mass is 252 g/mol. The van der Waals surface area contributed by atoms with E-state index in [4.69, 9.17) is 0 Å². The van der Waals surface area contributed by atoms with Gasteiger partial charge in [-0.2, -0.15) is 0 Å². The van der Waals surface area contributed by atoms with Crippen molar-refractivity contribution in [2.45, 2.75) is 46.3 Å². The number of imidazole rings is 1. The quantitative estimate of drug-likeness (QED) is 0.794. The number of hydrogen-bond donors (Lipinski definition) is 1. The number of carbonyl (C=O) groups excluding carboxylic acids is 1. The Morgan fingerprint density at radius 2 is 2.28 bits per heavy atom. The number of nitrogens with one attached hydrogen (secondary N) is 1. The molecule has 0 bridgehead atoms. The van der Waals surface area contributed by atoms with Gasteiger partial charge in [-0.15, -0.1) is 0 Å². The molecule has 1 rings (SSSR count). The van der Waals surface area contributed by atoms with Crippen molar-refractivity contribution >= 4 is 5.91 Å². The first kappa shape index (κ1) is 14.7. The number of hydrogen-bond acceptors (Lipinski definition) is 3. The highest BCUT2D eigenvalue weighted by atomic mass is 16.2. The number of nitrogens with zero attached hydrogens (tertiary/aromatic N) is 3. The van der Waals surface area contributed by atoms with Crippen LogP contribution in [0.15, 0.2) is 12.5 Å². The fraction of sp³-hybridized carbons (Fsp3) is 0.692. The molecule has 1 aromatic rings. The molecule has 5 nitrogen and oxygen atoms in total. The molecule has 1 N–H and O–H groups in total. The Balaban J connectivity index is 2.49. The maximum atomic E-state index is 11.9. The third kappa shape index (κ3) is 3.84. The molecule has 1 unspecified atom stereocenters. The van der Waals surface area contributed by atoms with Gasteiger partial charge in [-0.1, -0.05) is 6.92 Å². The van der Waals surface area contributed by atoms with Crippen LogP contribution in [-0.2, 0) is 17.9 Å². The zero-order valence-electron chi connectivity index (χ0n) is 11.8. The van der Waals surface area contributed by atoms with Crippen molar-refractivity contribution in [2.24, 2.45) is 0 Å². The second-order valence-electron chi connectivity index (χ2n) is 4.53. The lowest BCUT2D eigenvalue weighted by molar-refractivity contribution is -0.131. The van der Waals surface area contributed by atoms with Gasteiger partial charge in [0.15, 0.2) is 0 Å². The van der Waals surface area contributed by atoms with E-state index in [1.54, 1.807) is 4.90 Å². The van der Waals surface area contributed by atoms with Crippen LogP contribution in [0.5, 0.6) is 0 Å². The van der Waals surface area contributed by atoms with Gasteiger partial charge < -0.3 is 14.8 Å². The van der Waals surface area contributed by atoms with E-state index in [0.29, 0.717) is 6.54 Å². The lowest BCUT2D eigenvalue weighted by atomic mass is 10.3. The van der Waals surface area contributed by atoms with Crippen LogP contribution in [0.2, 0.25) is 0 Å². The molecule has 0 fully saturated rings. The Bertz CT molecular complexity index is 375. The van der Waals surface area contributed by atoms with E-state index in [1.807, 2.05) is 33.4 Å². The van der Waals surface area contributed by atoms with E-state index in [0.717, 1.165) is 25.2 Å². The zero-order chi connectivity index (χ0) is 13.5. The first-order valence-corrected chi connectivity index (χ1v) is 6.57. The molecule has 1 aromatic heterocycles. The van der Waals surface area contributed by atoms with Crippen LogP contribution in [0.1, 0.15) is 32.9 Å². The largest absolute Gasteiger partial charge is 0.345 e. The maximum absolute atomic E-state index is 11.9. The van der Waals surface area contributed by atoms with E-state index in [1.165, 1.54) is 0 Å². The topological polar surface area (TPSA) is 50.2 Å². The molecule has 1 heterocycles. The number of aryl methyl sites for hydroxylation is 1. The second-order valence-corrected chi connectivity index (χ2v) is 4.53. The van der Waals surface area contributed by atoms with Gasteiger partial charge in [0, 0.05) is 32.9 Å². The SMILES string of the molecule is CCCn1cncc1CNC(C)C(=O)N(C)CC. The van der Waals surface area contributed by atoms with Crippen molar-refractivity contribution < 1.29 is 4.79 Å². The van der Waals surface area contributed by atoms with Crippen molar-refractivity contribution in [1.82, 2.24) is 19.8 Å². The molecule has 1 amide bonds. The standard InChI is InChI=1S/C13H24N4O/c1-5-7-17-10-14-8-12(17)9-15-11(3)13(18)16(4)6-2/h8,10-11,15H,5-7,9H2,1-4H3. The van der Waals surface area contributed by atoms with E-state index < -0.39 is 0 Å². The average Bonchev–Trinajstić information content (AvgIpc) is 2.82. The fourth-order valence-electron chi connectivity index (χ4n) is 1.77. The number of likely N-dealkylation sites (N-methyl/N-ethyl adjacent to an activating group) is 1. The summed E-state index contributed by atoms with van der Waals surface area (Å²) in [7, 11) is 1.82. The van der Waals surface area contributed by atoms with E-state index >= 15 is 0 Å². The van der Waals surface area contributed by atoms with Gasteiger partial charge in [-0.25, -0.2) is 4.98 Å². The van der Waals surface area contributed by atoms with Crippen molar-refractivity contribution in [3.63, 3.8) is 0 Å². The van der Waals surface area contributed by atoms with E-state index in [-0.39, 0.29) is 11.9 Å². The van der Waals surface area contributed by atoms with Crippen LogP contribution >= 0.6 is 0 Å². The van der Waals surface area contributed by atoms with Crippen LogP contribution in [-0.4, -0.2) is 40.0 Å². The van der Waals surface area contributed by atoms with Gasteiger partial charge in [0.2, 0.25) is 5.91 Å². The van der Waals surface area contributed by atoms with Crippen LogP contribution in [0, 0.1) is 0 Å². The summed E-state index contributed by atoms with van der Waals surface area (Å²) >= 11 is 0. The van der Waals surface area contributed by atoms with Gasteiger partial charge in [-0.05, 0) is 20.3 Å². The lowest BCUT2D eigenvalue weighted by Crippen LogP contribution is -2.42. The molecule has 18 heavy (non-hydrogen) atoms. The molecule has 102 valence electrons. The Morgan fingerprint density at radius 3 is 2.89 bits per heavy atom. The van der Waals surface area contributed by atoms with E-state index in [9.17, 15) is 4.79 Å². The van der Waals surface area contributed by atoms with Crippen LogP contribution < -0.4 is 5.32 Å². The van der Waals surface area contributed by atoms with Gasteiger partial charge >= 0.3 is 0 Å². The zero-order valence-corrected chi connectivity index (χ0v) is 11.8.